The topological polar surface area (TPSA) is 97.5 Å². The normalized spacial score (nSPS) is 15.2. The first-order valence-corrected chi connectivity index (χ1v) is 6.82. The van der Waals surface area contributed by atoms with Crippen LogP contribution in [0.5, 0.6) is 0 Å². The summed E-state index contributed by atoms with van der Waals surface area (Å²) in [6.45, 7) is 1.19. The van der Waals surface area contributed by atoms with Crippen LogP contribution in [0.3, 0.4) is 0 Å². The SMILES string of the molecule is C[C@](N)(CS(=O)(=O)Cc1ccccc1)C(=O)O. The molecule has 1 aromatic carbocycles. The van der Waals surface area contributed by atoms with Crippen LogP contribution >= 0.6 is 0 Å². The molecule has 3 N–H and O–H groups in total. The van der Waals surface area contributed by atoms with E-state index in [4.69, 9.17) is 10.8 Å². The smallest absolute Gasteiger partial charge is 0.324 e. The predicted molar refractivity (Wildman–Crippen MR) is 64.2 cm³/mol. The molecule has 0 bridgehead atoms. The van der Waals surface area contributed by atoms with Crippen molar-refractivity contribution in [1.82, 2.24) is 0 Å². The van der Waals surface area contributed by atoms with Crippen molar-refractivity contribution in [2.24, 2.45) is 5.73 Å². The van der Waals surface area contributed by atoms with Crippen LogP contribution in [0, 0.1) is 0 Å². The summed E-state index contributed by atoms with van der Waals surface area (Å²) >= 11 is 0. The lowest BCUT2D eigenvalue weighted by atomic mass is 10.1. The van der Waals surface area contributed by atoms with E-state index < -0.39 is 27.1 Å². The maximum atomic E-state index is 11.8. The van der Waals surface area contributed by atoms with Gasteiger partial charge in [-0.25, -0.2) is 8.42 Å². The van der Waals surface area contributed by atoms with Crippen molar-refractivity contribution >= 4 is 15.8 Å². The zero-order valence-electron chi connectivity index (χ0n) is 9.46. The number of aliphatic carboxylic acids is 1. The largest absolute Gasteiger partial charge is 0.480 e. The van der Waals surface area contributed by atoms with Gasteiger partial charge in [-0.05, 0) is 12.5 Å². The Bertz CT molecular complexity index is 493. The van der Waals surface area contributed by atoms with E-state index in [-0.39, 0.29) is 5.75 Å². The molecular weight excluding hydrogens is 242 g/mol. The highest BCUT2D eigenvalue weighted by Gasteiger charge is 2.33. The average molecular weight is 257 g/mol. The van der Waals surface area contributed by atoms with Crippen molar-refractivity contribution in [1.29, 1.82) is 0 Å². The Morgan fingerprint density at radius 3 is 2.35 bits per heavy atom. The van der Waals surface area contributed by atoms with Gasteiger partial charge in [-0.1, -0.05) is 30.3 Å². The van der Waals surface area contributed by atoms with Crippen molar-refractivity contribution < 1.29 is 18.3 Å². The molecule has 0 aliphatic carbocycles. The molecule has 0 saturated carbocycles. The van der Waals surface area contributed by atoms with Crippen LogP contribution in [0.15, 0.2) is 30.3 Å². The number of sulfone groups is 1. The van der Waals surface area contributed by atoms with E-state index in [0.29, 0.717) is 5.56 Å². The number of hydrogen-bond donors (Lipinski definition) is 2. The molecule has 6 heteroatoms. The summed E-state index contributed by atoms with van der Waals surface area (Å²) < 4.78 is 23.6. The molecule has 17 heavy (non-hydrogen) atoms. The third kappa shape index (κ3) is 4.16. The van der Waals surface area contributed by atoms with Crippen LogP contribution in [-0.4, -0.2) is 30.8 Å². The molecule has 1 atom stereocenters. The van der Waals surface area contributed by atoms with Crippen LogP contribution in [0.2, 0.25) is 0 Å². The third-order valence-corrected chi connectivity index (χ3v) is 4.05. The molecule has 0 fully saturated rings. The minimum absolute atomic E-state index is 0.200. The third-order valence-electron chi connectivity index (χ3n) is 2.24. The molecule has 0 heterocycles. The number of benzene rings is 1. The molecular formula is C11H15NO4S. The number of hydrogen-bond acceptors (Lipinski definition) is 4. The number of nitrogens with two attached hydrogens (primary N) is 1. The molecule has 5 nitrogen and oxygen atoms in total. The Morgan fingerprint density at radius 1 is 1.35 bits per heavy atom. The fourth-order valence-corrected chi connectivity index (χ4v) is 3.24. The van der Waals surface area contributed by atoms with Crippen molar-refractivity contribution in [3.05, 3.63) is 35.9 Å². The number of carboxylic acids is 1. The summed E-state index contributed by atoms with van der Waals surface area (Å²) in [5, 5.41) is 8.78. The maximum absolute atomic E-state index is 11.8. The Hall–Kier alpha value is -1.40. The number of rotatable bonds is 5. The maximum Gasteiger partial charge on any atom is 0.324 e. The van der Waals surface area contributed by atoms with Gasteiger partial charge in [0.2, 0.25) is 0 Å². The average Bonchev–Trinajstić information content (AvgIpc) is 2.16. The van der Waals surface area contributed by atoms with E-state index in [0.717, 1.165) is 0 Å². The highest BCUT2D eigenvalue weighted by molar-refractivity contribution is 7.90. The Labute approximate surface area is 100 Å². The molecule has 0 unspecified atom stereocenters. The Morgan fingerprint density at radius 2 is 1.88 bits per heavy atom. The lowest BCUT2D eigenvalue weighted by Crippen LogP contribution is -2.50. The molecule has 94 valence electrons. The van der Waals surface area contributed by atoms with Gasteiger partial charge in [-0.3, -0.25) is 4.79 Å². The molecule has 0 aromatic heterocycles. The van der Waals surface area contributed by atoms with Gasteiger partial charge < -0.3 is 10.8 Å². The lowest BCUT2D eigenvalue weighted by molar-refractivity contribution is -0.141. The summed E-state index contributed by atoms with van der Waals surface area (Å²) in [7, 11) is -3.54. The zero-order chi connectivity index (χ0) is 13.1. The van der Waals surface area contributed by atoms with E-state index in [9.17, 15) is 13.2 Å². The minimum atomic E-state index is -3.54. The van der Waals surface area contributed by atoms with Crippen molar-refractivity contribution in [2.75, 3.05) is 5.75 Å². The lowest BCUT2D eigenvalue weighted by Gasteiger charge is -2.18. The molecule has 0 radical (unpaired) electrons. The van der Waals surface area contributed by atoms with Crippen molar-refractivity contribution in [3.8, 4) is 0 Å². The van der Waals surface area contributed by atoms with E-state index in [1.807, 2.05) is 0 Å². The molecule has 0 saturated heterocycles. The molecule has 0 amide bonds. The first kappa shape index (κ1) is 13.7. The van der Waals surface area contributed by atoms with Gasteiger partial charge in [-0.2, -0.15) is 0 Å². The Balaban J connectivity index is 2.81. The van der Waals surface area contributed by atoms with Gasteiger partial charge >= 0.3 is 5.97 Å². The summed E-state index contributed by atoms with van der Waals surface area (Å²) in [5.74, 6) is -2.10. The van der Waals surface area contributed by atoms with E-state index in [1.165, 1.54) is 6.92 Å². The van der Waals surface area contributed by atoms with E-state index >= 15 is 0 Å². The number of carboxylic acid groups (broad SMARTS) is 1. The second-order valence-electron chi connectivity index (χ2n) is 4.24. The highest BCUT2D eigenvalue weighted by Crippen LogP contribution is 2.11. The van der Waals surface area contributed by atoms with E-state index in [2.05, 4.69) is 0 Å². The van der Waals surface area contributed by atoms with Gasteiger partial charge in [0, 0.05) is 0 Å². The first-order chi connectivity index (χ1) is 7.73. The molecule has 1 aromatic rings. The van der Waals surface area contributed by atoms with Gasteiger partial charge in [0.05, 0.1) is 11.5 Å². The standard InChI is InChI=1S/C11H15NO4S/c1-11(12,10(13)14)8-17(15,16)7-9-5-3-2-4-6-9/h2-6H,7-8,12H2,1H3,(H,13,14)/t11-/m0/s1. The van der Waals surface area contributed by atoms with E-state index in [1.54, 1.807) is 30.3 Å². The van der Waals surface area contributed by atoms with Gasteiger partial charge in [-0.15, -0.1) is 0 Å². The molecule has 0 spiro atoms. The van der Waals surface area contributed by atoms with Gasteiger partial charge in [0.1, 0.15) is 5.54 Å². The Kier molecular flexibility index (Phi) is 3.90. The second-order valence-corrected chi connectivity index (χ2v) is 6.30. The summed E-state index contributed by atoms with van der Waals surface area (Å²) in [4.78, 5) is 10.8. The van der Waals surface area contributed by atoms with Crippen LogP contribution in [-0.2, 0) is 20.4 Å². The highest BCUT2D eigenvalue weighted by atomic mass is 32.2. The predicted octanol–water partition coefficient (Wildman–Crippen LogP) is 0.403. The van der Waals surface area contributed by atoms with Gasteiger partial charge in [0.15, 0.2) is 9.84 Å². The van der Waals surface area contributed by atoms with Crippen LogP contribution in [0.4, 0.5) is 0 Å². The molecule has 0 aliphatic rings. The number of carbonyl (C=O) groups is 1. The minimum Gasteiger partial charge on any atom is -0.480 e. The zero-order valence-corrected chi connectivity index (χ0v) is 10.3. The summed E-state index contributed by atoms with van der Waals surface area (Å²) in [6, 6.07) is 8.58. The molecule has 0 aliphatic heterocycles. The second kappa shape index (κ2) is 4.85. The quantitative estimate of drug-likeness (QED) is 0.796. The summed E-state index contributed by atoms with van der Waals surface area (Å²) in [5.41, 5.74) is 4.28. The van der Waals surface area contributed by atoms with Crippen LogP contribution < -0.4 is 5.73 Å². The fraction of sp³-hybridized carbons (Fsp3) is 0.364. The van der Waals surface area contributed by atoms with Crippen molar-refractivity contribution in [2.45, 2.75) is 18.2 Å². The van der Waals surface area contributed by atoms with Crippen molar-refractivity contribution in [3.63, 3.8) is 0 Å². The summed E-state index contributed by atoms with van der Waals surface area (Å²) in [6.07, 6.45) is 0. The first-order valence-electron chi connectivity index (χ1n) is 4.99. The monoisotopic (exact) mass is 257 g/mol. The van der Waals surface area contributed by atoms with Crippen LogP contribution in [0.25, 0.3) is 0 Å². The fourth-order valence-electron chi connectivity index (χ4n) is 1.40. The van der Waals surface area contributed by atoms with Crippen LogP contribution in [0.1, 0.15) is 12.5 Å². The van der Waals surface area contributed by atoms with Gasteiger partial charge in [0.25, 0.3) is 0 Å². The molecule has 1 rings (SSSR count).